The summed E-state index contributed by atoms with van der Waals surface area (Å²) in [5.74, 6) is -0.753. The zero-order chi connectivity index (χ0) is 12.0. The molecule has 6 heteroatoms. The molecule has 5 nitrogen and oxygen atoms in total. The summed E-state index contributed by atoms with van der Waals surface area (Å²) in [5.41, 5.74) is 2.54. The molecule has 0 unspecified atom stereocenters. The molecule has 0 bridgehead atoms. The third kappa shape index (κ3) is 3.88. The maximum Gasteiger partial charge on any atom is 0.274 e. The van der Waals surface area contributed by atoms with Crippen molar-refractivity contribution in [2.75, 3.05) is 13.7 Å². The minimum Gasteiger partial charge on any atom is -0.357 e. The van der Waals surface area contributed by atoms with Gasteiger partial charge in [-0.2, -0.15) is 0 Å². The van der Waals surface area contributed by atoms with Crippen LogP contribution in [0, 0.1) is 0 Å². The zero-order valence-corrected chi connectivity index (χ0v) is 9.38. The number of hydrogen-bond acceptors (Lipinski definition) is 3. The Labute approximate surface area is 97.7 Å². The summed E-state index contributed by atoms with van der Waals surface area (Å²) in [5, 5.41) is 2.90. The highest BCUT2D eigenvalue weighted by atomic mass is 35.5. The minimum absolute atomic E-state index is 0.226. The molecule has 0 saturated carbocycles. The molecule has 86 valence electrons. The summed E-state index contributed by atoms with van der Waals surface area (Å²) in [6, 6.07) is 6.30. The first-order valence-corrected chi connectivity index (χ1v) is 4.89. The van der Waals surface area contributed by atoms with Crippen molar-refractivity contribution in [1.29, 1.82) is 0 Å². The summed E-state index contributed by atoms with van der Waals surface area (Å²) in [4.78, 5) is 26.9. The van der Waals surface area contributed by atoms with Crippen LogP contribution in [0.3, 0.4) is 0 Å². The largest absolute Gasteiger partial charge is 0.357 e. The van der Waals surface area contributed by atoms with Gasteiger partial charge in [-0.05, 0) is 24.3 Å². The number of amides is 2. The van der Waals surface area contributed by atoms with Gasteiger partial charge in [-0.15, -0.1) is 0 Å². The van der Waals surface area contributed by atoms with Gasteiger partial charge in [0.1, 0.15) is 0 Å². The Kier molecular flexibility index (Phi) is 4.75. The lowest BCUT2D eigenvalue weighted by Crippen LogP contribution is -2.31. The summed E-state index contributed by atoms with van der Waals surface area (Å²) < 4.78 is 0. The minimum atomic E-state index is -0.430. The molecule has 0 spiro atoms. The molecule has 0 saturated heterocycles. The third-order valence-electron chi connectivity index (χ3n) is 1.75. The monoisotopic (exact) mass is 242 g/mol. The highest BCUT2D eigenvalue weighted by Crippen LogP contribution is 2.09. The maximum atomic E-state index is 11.4. The molecule has 0 radical (unpaired) electrons. The van der Waals surface area contributed by atoms with Gasteiger partial charge < -0.3 is 5.32 Å². The first-order chi connectivity index (χ1) is 7.63. The molecule has 0 heterocycles. The Morgan fingerprint density at radius 1 is 1.31 bits per heavy atom. The van der Waals surface area contributed by atoms with E-state index >= 15 is 0 Å². The molecule has 0 aliphatic rings. The normalized spacial score (nSPS) is 9.62. The molecule has 16 heavy (non-hydrogen) atoms. The van der Waals surface area contributed by atoms with E-state index in [1.807, 2.05) is 0 Å². The quantitative estimate of drug-likeness (QED) is 0.766. The van der Waals surface area contributed by atoms with Crippen LogP contribution in [0.25, 0.3) is 0 Å². The molecular formula is C10H11ClN2O3. The van der Waals surface area contributed by atoms with Gasteiger partial charge >= 0.3 is 0 Å². The van der Waals surface area contributed by atoms with Gasteiger partial charge in [0.15, 0.2) is 6.61 Å². The summed E-state index contributed by atoms with van der Waals surface area (Å²) in [6.07, 6.45) is 0. The third-order valence-corrected chi connectivity index (χ3v) is 2.01. The van der Waals surface area contributed by atoms with Crippen molar-refractivity contribution >= 4 is 23.4 Å². The SMILES string of the molecule is CNC(=O)CONC(=O)c1ccc(Cl)cc1. The van der Waals surface area contributed by atoms with Crippen LogP contribution < -0.4 is 10.8 Å². The van der Waals surface area contributed by atoms with Crippen molar-refractivity contribution in [2.24, 2.45) is 0 Å². The first kappa shape index (κ1) is 12.5. The second kappa shape index (κ2) is 6.09. The topological polar surface area (TPSA) is 67.4 Å². The fourth-order valence-corrected chi connectivity index (χ4v) is 1.03. The highest BCUT2D eigenvalue weighted by molar-refractivity contribution is 6.30. The summed E-state index contributed by atoms with van der Waals surface area (Å²) in [7, 11) is 1.48. The van der Waals surface area contributed by atoms with Crippen LogP contribution in [-0.2, 0) is 9.63 Å². The van der Waals surface area contributed by atoms with Crippen molar-refractivity contribution in [1.82, 2.24) is 10.8 Å². The Hall–Kier alpha value is -1.59. The number of likely N-dealkylation sites (N-methyl/N-ethyl adjacent to an activating group) is 1. The second-order valence-corrected chi connectivity index (χ2v) is 3.34. The van der Waals surface area contributed by atoms with Crippen LogP contribution in [0.4, 0.5) is 0 Å². The molecule has 2 N–H and O–H groups in total. The molecule has 0 atom stereocenters. The number of hydroxylamine groups is 1. The lowest BCUT2D eigenvalue weighted by Gasteiger charge is -2.04. The standard InChI is InChI=1S/C10H11ClN2O3/c1-12-9(14)6-16-13-10(15)7-2-4-8(11)5-3-7/h2-5H,6H2,1H3,(H,12,14)(H,13,15). The van der Waals surface area contributed by atoms with Gasteiger partial charge in [0.2, 0.25) is 5.91 Å². The van der Waals surface area contributed by atoms with E-state index in [9.17, 15) is 9.59 Å². The van der Waals surface area contributed by atoms with E-state index in [2.05, 4.69) is 15.6 Å². The van der Waals surface area contributed by atoms with E-state index in [0.29, 0.717) is 10.6 Å². The summed E-state index contributed by atoms with van der Waals surface area (Å²) >= 11 is 5.67. The number of benzene rings is 1. The van der Waals surface area contributed by atoms with E-state index < -0.39 is 5.91 Å². The Bertz CT molecular complexity index is 378. The van der Waals surface area contributed by atoms with Gasteiger partial charge in [0, 0.05) is 17.6 Å². The number of halogens is 1. The van der Waals surface area contributed by atoms with E-state index in [1.54, 1.807) is 24.3 Å². The van der Waals surface area contributed by atoms with Crippen LogP contribution in [0.5, 0.6) is 0 Å². The Balaban J connectivity index is 2.41. The van der Waals surface area contributed by atoms with Crippen LogP contribution in [0.15, 0.2) is 24.3 Å². The number of carbonyl (C=O) groups is 2. The van der Waals surface area contributed by atoms with Crippen molar-refractivity contribution in [2.45, 2.75) is 0 Å². The first-order valence-electron chi connectivity index (χ1n) is 4.51. The Morgan fingerprint density at radius 2 is 1.94 bits per heavy atom. The molecule has 1 aromatic rings. The summed E-state index contributed by atoms with van der Waals surface area (Å²) in [6.45, 7) is -0.226. The van der Waals surface area contributed by atoms with Crippen molar-refractivity contribution in [3.8, 4) is 0 Å². The van der Waals surface area contributed by atoms with Gasteiger partial charge in [-0.25, -0.2) is 5.48 Å². The average molecular weight is 243 g/mol. The lowest BCUT2D eigenvalue weighted by atomic mass is 10.2. The van der Waals surface area contributed by atoms with Gasteiger partial charge in [-0.1, -0.05) is 11.6 Å². The number of carbonyl (C=O) groups excluding carboxylic acids is 2. The van der Waals surface area contributed by atoms with E-state index in [1.165, 1.54) is 7.05 Å². The van der Waals surface area contributed by atoms with Gasteiger partial charge in [-0.3, -0.25) is 14.4 Å². The van der Waals surface area contributed by atoms with Crippen molar-refractivity contribution in [3.63, 3.8) is 0 Å². The molecule has 0 aliphatic carbocycles. The van der Waals surface area contributed by atoms with Crippen LogP contribution in [0.1, 0.15) is 10.4 Å². The molecule has 0 aliphatic heterocycles. The maximum absolute atomic E-state index is 11.4. The van der Waals surface area contributed by atoms with E-state index in [0.717, 1.165) is 0 Å². The fraction of sp³-hybridized carbons (Fsp3) is 0.200. The van der Waals surface area contributed by atoms with Crippen molar-refractivity contribution < 1.29 is 14.4 Å². The average Bonchev–Trinajstić information content (AvgIpc) is 2.29. The zero-order valence-electron chi connectivity index (χ0n) is 8.62. The molecule has 0 fully saturated rings. The van der Waals surface area contributed by atoms with E-state index in [-0.39, 0.29) is 12.5 Å². The highest BCUT2D eigenvalue weighted by Gasteiger charge is 2.05. The fourth-order valence-electron chi connectivity index (χ4n) is 0.900. The van der Waals surface area contributed by atoms with Crippen molar-refractivity contribution in [3.05, 3.63) is 34.9 Å². The number of hydrogen-bond donors (Lipinski definition) is 2. The van der Waals surface area contributed by atoms with Crippen LogP contribution in [-0.4, -0.2) is 25.5 Å². The molecular weight excluding hydrogens is 232 g/mol. The second-order valence-electron chi connectivity index (χ2n) is 2.90. The predicted molar refractivity (Wildman–Crippen MR) is 58.9 cm³/mol. The smallest absolute Gasteiger partial charge is 0.274 e. The molecule has 2 amide bonds. The number of rotatable bonds is 4. The molecule has 0 aromatic heterocycles. The molecule has 1 aromatic carbocycles. The van der Waals surface area contributed by atoms with Gasteiger partial charge in [0.05, 0.1) is 0 Å². The van der Waals surface area contributed by atoms with E-state index in [4.69, 9.17) is 11.6 Å². The van der Waals surface area contributed by atoms with Crippen LogP contribution >= 0.6 is 11.6 Å². The molecule has 1 rings (SSSR count). The van der Waals surface area contributed by atoms with Gasteiger partial charge in [0.25, 0.3) is 5.91 Å². The van der Waals surface area contributed by atoms with Crippen LogP contribution in [0.2, 0.25) is 5.02 Å². The lowest BCUT2D eigenvalue weighted by molar-refractivity contribution is -0.126. The predicted octanol–water partition coefficient (Wildman–Crippen LogP) is 0.747. The Morgan fingerprint density at radius 3 is 2.50 bits per heavy atom. The number of nitrogens with one attached hydrogen (secondary N) is 2.